The molecular formula is C15H22N2O2. The molecule has 0 unspecified atom stereocenters. The molecule has 104 valence electrons. The monoisotopic (exact) mass is 262 g/mol. The number of para-hydroxylation sites is 1. The summed E-state index contributed by atoms with van der Waals surface area (Å²) in [6.07, 6.45) is 3.38. The second-order valence-electron chi connectivity index (χ2n) is 5.07. The fourth-order valence-electron chi connectivity index (χ4n) is 2.67. The Bertz CT molecular complexity index is 451. The van der Waals surface area contributed by atoms with Crippen LogP contribution in [0.2, 0.25) is 0 Å². The number of nitrogen functional groups attached to an aromatic ring is 1. The van der Waals surface area contributed by atoms with Crippen molar-refractivity contribution in [1.82, 2.24) is 4.90 Å². The maximum atomic E-state index is 12.5. The zero-order valence-electron chi connectivity index (χ0n) is 11.7. The summed E-state index contributed by atoms with van der Waals surface area (Å²) in [5.74, 6) is 1.27. The Morgan fingerprint density at radius 1 is 1.42 bits per heavy atom. The first-order valence-corrected chi connectivity index (χ1v) is 6.89. The maximum Gasteiger partial charge on any atom is 0.257 e. The number of nitrogens with zero attached hydrogens (tertiary/aromatic N) is 1. The molecule has 1 saturated heterocycles. The van der Waals surface area contributed by atoms with Crippen molar-refractivity contribution in [2.24, 2.45) is 5.92 Å². The third-order valence-electron chi connectivity index (χ3n) is 3.96. The number of rotatable bonds is 3. The van der Waals surface area contributed by atoms with Gasteiger partial charge in [-0.25, -0.2) is 0 Å². The van der Waals surface area contributed by atoms with E-state index in [0.717, 1.165) is 31.8 Å². The Balaban J connectivity index is 2.14. The van der Waals surface area contributed by atoms with E-state index in [2.05, 4.69) is 6.92 Å². The van der Waals surface area contributed by atoms with Crippen molar-refractivity contribution in [2.75, 3.05) is 25.9 Å². The van der Waals surface area contributed by atoms with Gasteiger partial charge in [0.15, 0.2) is 5.75 Å². The number of anilines is 1. The largest absolute Gasteiger partial charge is 0.494 e. The molecule has 2 N–H and O–H groups in total. The van der Waals surface area contributed by atoms with Crippen LogP contribution >= 0.6 is 0 Å². The number of hydrogen-bond donors (Lipinski definition) is 1. The minimum atomic E-state index is 0.0266. The highest BCUT2D eigenvalue weighted by Crippen LogP contribution is 2.28. The first kappa shape index (κ1) is 13.7. The number of amides is 1. The van der Waals surface area contributed by atoms with E-state index in [9.17, 15) is 4.79 Å². The van der Waals surface area contributed by atoms with Crippen molar-refractivity contribution < 1.29 is 9.53 Å². The van der Waals surface area contributed by atoms with E-state index in [1.54, 1.807) is 25.3 Å². The van der Waals surface area contributed by atoms with E-state index in [-0.39, 0.29) is 5.91 Å². The highest BCUT2D eigenvalue weighted by molar-refractivity contribution is 5.98. The van der Waals surface area contributed by atoms with Crippen LogP contribution in [0.1, 0.15) is 36.5 Å². The van der Waals surface area contributed by atoms with E-state index in [4.69, 9.17) is 10.5 Å². The van der Waals surface area contributed by atoms with E-state index in [1.807, 2.05) is 4.90 Å². The molecule has 4 nitrogen and oxygen atoms in total. The average molecular weight is 262 g/mol. The average Bonchev–Trinajstić information content (AvgIpc) is 2.46. The summed E-state index contributed by atoms with van der Waals surface area (Å²) in [6.45, 7) is 3.87. The molecule has 1 fully saturated rings. The number of benzene rings is 1. The summed E-state index contributed by atoms with van der Waals surface area (Å²) < 4.78 is 5.26. The van der Waals surface area contributed by atoms with Crippen LogP contribution in [0.3, 0.4) is 0 Å². The zero-order valence-corrected chi connectivity index (χ0v) is 11.7. The molecular weight excluding hydrogens is 240 g/mol. The standard InChI is InChI=1S/C15H22N2O2/c1-3-11-7-9-17(10-8-11)15(18)12-5-4-6-13(16)14(12)19-2/h4-6,11H,3,7-10,16H2,1-2H3. The van der Waals surface area contributed by atoms with Crippen molar-refractivity contribution in [3.63, 3.8) is 0 Å². The normalized spacial score (nSPS) is 16.4. The lowest BCUT2D eigenvalue weighted by molar-refractivity contribution is 0.0685. The Morgan fingerprint density at radius 2 is 2.11 bits per heavy atom. The molecule has 0 atom stereocenters. The van der Waals surface area contributed by atoms with Crippen molar-refractivity contribution >= 4 is 11.6 Å². The van der Waals surface area contributed by atoms with Gasteiger partial charge in [0.1, 0.15) is 0 Å². The summed E-state index contributed by atoms with van der Waals surface area (Å²) in [5, 5.41) is 0. The van der Waals surface area contributed by atoms with E-state index >= 15 is 0 Å². The summed E-state index contributed by atoms with van der Waals surface area (Å²) in [5.41, 5.74) is 6.93. The molecule has 1 aliphatic rings. The molecule has 19 heavy (non-hydrogen) atoms. The molecule has 0 bridgehead atoms. The Hall–Kier alpha value is -1.71. The fraction of sp³-hybridized carbons (Fsp3) is 0.533. The topological polar surface area (TPSA) is 55.6 Å². The predicted octanol–water partition coefficient (Wildman–Crippen LogP) is 2.54. The molecule has 1 aromatic carbocycles. The van der Waals surface area contributed by atoms with Gasteiger partial charge in [-0.3, -0.25) is 4.79 Å². The van der Waals surface area contributed by atoms with Crippen LogP contribution in [-0.2, 0) is 0 Å². The zero-order chi connectivity index (χ0) is 13.8. The van der Waals surface area contributed by atoms with Crippen molar-refractivity contribution in [3.8, 4) is 5.75 Å². The molecule has 0 spiro atoms. The molecule has 0 aliphatic carbocycles. The van der Waals surface area contributed by atoms with Crippen LogP contribution in [0, 0.1) is 5.92 Å². The van der Waals surface area contributed by atoms with Gasteiger partial charge in [0.05, 0.1) is 18.4 Å². The minimum absolute atomic E-state index is 0.0266. The Morgan fingerprint density at radius 3 is 2.68 bits per heavy atom. The number of carbonyl (C=O) groups excluding carboxylic acids is 1. The lowest BCUT2D eigenvalue weighted by Crippen LogP contribution is -2.38. The number of ether oxygens (including phenoxy) is 1. The third kappa shape index (κ3) is 2.83. The number of methoxy groups -OCH3 is 1. The number of likely N-dealkylation sites (tertiary alicyclic amines) is 1. The molecule has 1 amide bonds. The molecule has 4 heteroatoms. The van der Waals surface area contributed by atoms with E-state index < -0.39 is 0 Å². The minimum Gasteiger partial charge on any atom is -0.494 e. The first-order chi connectivity index (χ1) is 9.17. The number of carbonyl (C=O) groups is 1. The molecule has 1 heterocycles. The molecule has 0 aromatic heterocycles. The smallest absolute Gasteiger partial charge is 0.257 e. The first-order valence-electron chi connectivity index (χ1n) is 6.89. The molecule has 0 radical (unpaired) electrons. The van der Waals surface area contributed by atoms with Crippen LogP contribution < -0.4 is 10.5 Å². The molecule has 2 rings (SSSR count). The molecule has 0 saturated carbocycles. The van der Waals surface area contributed by atoms with Crippen molar-refractivity contribution in [2.45, 2.75) is 26.2 Å². The van der Waals surface area contributed by atoms with Crippen LogP contribution in [-0.4, -0.2) is 31.0 Å². The van der Waals surface area contributed by atoms with Gasteiger partial charge < -0.3 is 15.4 Å². The van der Waals surface area contributed by atoms with Crippen LogP contribution in [0.15, 0.2) is 18.2 Å². The summed E-state index contributed by atoms with van der Waals surface area (Å²) >= 11 is 0. The van der Waals surface area contributed by atoms with Crippen molar-refractivity contribution in [1.29, 1.82) is 0 Å². The molecule has 1 aliphatic heterocycles. The summed E-state index contributed by atoms with van der Waals surface area (Å²) in [6, 6.07) is 5.33. The van der Waals surface area contributed by atoms with Gasteiger partial charge in [0.2, 0.25) is 0 Å². The third-order valence-corrected chi connectivity index (χ3v) is 3.96. The van der Waals surface area contributed by atoms with Gasteiger partial charge in [-0.1, -0.05) is 19.4 Å². The Labute approximate surface area is 114 Å². The van der Waals surface area contributed by atoms with Crippen molar-refractivity contribution in [3.05, 3.63) is 23.8 Å². The fourth-order valence-corrected chi connectivity index (χ4v) is 2.67. The second kappa shape index (κ2) is 5.95. The van der Waals surface area contributed by atoms with Crippen LogP contribution in [0.5, 0.6) is 5.75 Å². The summed E-state index contributed by atoms with van der Waals surface area (Å²) in [7, 11) is 1.55. The van der Waals surface area contributed by atoms with E-state index in [0.29, 0.717) is 17.0 Å². The number of hydrogen-bond acceptors (Lipinski definition) is 3. The van der Waals surface area contributed by atoms with Crippen LogP contribution in [0.4, 0.5) is 5.69 Å². The second-order valence-corrected chi connectivity index (χ2v) is 5.07. The predicted molar refractivity (Wildman–Crippen MR) is 76.3 cm³/mol. The highest BCUT2D eigenvalue weighted by Gasteiger charge is 2.25. The number of piperidine rings is 1. The lowest BCUT2D eigenvalue weighted by atomic mass is 9.94. The molecule has 1 aromatic rings. The van der Waals surface area contributed by atoms with Gasteiger partial charge in [-0.15, -0.1) is 0 Å². The van der Waals surface area contributed by atoms with Crippen LogP contribution in [0.25, 0.3) is 0 Å². The lowest BCUT2D eigenvalue weighted by Gasteiger charge is -2.32. The quantitative estimate of drug-likeness (QED) is 0.852. The van der Waals surface area contributed by atoms with Gasteiger partial charge in [-0.2, -0.15) is 0 Å². The van der Waals surface area contributed by atoms with Gasteiger partial charge in [-0.05, 0) is 30.9 Å². The van der Waals surface area contributed by atoms with E-state index in [1.165, 1.54) is 6.42 Å². The SMILES string of the molecule is CCC1CCN(C(=O)c2cccc(N)c2OC)CC1. The highest BCUT2D eigenvalue weighted by atomic mass is 16.5. The summed E-state index contributed by atoms with van der Waals surface area (Å²) in [4.78, 5) is 14.4. The van der Waals surface area contributed by atoms with Gasteiger partial charge >= 0.3 is 0 Å². The maximum absolute atomic E-state index is 12.5. The Kier molecular flexibility index (Phi) is 4.30. The van der Waals surface area contributed by atoms with Gasteiger partial charge in [0, 0.05) is 13.1 Å². The number of nitrogens with two attached hydrogens (primary N) is 1. The van der Waals surface area contributed by atoms with Gasteiger partial charge in [0.25, 0.3) is 5.91 Å².